The number of allylic oxidation sites excluding steroid dienone is 6. The lowest BCUT2D eigenvalue weighted by atomic mass is 10.4. The van der Waals surface area contributed by atoms with Crippen LogP contribution in [0.5, 0.6) is 0 Å². The molecular formula is C16H28OS. The van der Waals surface area contributed by atoms with E-state index in [2.05, 4.69) is 13.2 Å². The van der Waals surface area contributed by atoms with Crippen molar-refractivity contribution < 1.29 is 4.21 Å². The highest BCUT2D eigenvalue weighted by molar-refractivity contribution is 7.93. The molecule has 0 saturated carbocycles. The Morgan fingerprint density at radius 3 is 1.78 bits per heavy atom. The van der Waals surface area contributed by atoms with Gasteiger partial charge in [0.25, 0.3) is 0 Å². The molecule has 1 nitrogen and oxygen atoms in total. The molecule has 0 saturated heterocycles. The Bertz CT molecular complexity index is 320. The van der Waals surface area contributed by atoms with Crippen molar-refractivity contribution in [1.29, 1.82) is 0 Å². The SMILES string of the molecule is C=C/C=C(\C=C)S(=O)C(/C=C\C)=C/C.CC.CC. The van der Waals surface area contributed by atoms with E-state index in [9.17, 15) is 4.21 Å². The molecule has 1 unspecified atom stereocenters. The third-order valence-corrected chi connectivity index (χ3v) is 3.06. The maximum absolute atomic E-state index is 11.9. The van der Waals surface area contributed by atoms with Gasteiger partial charge in [0.15, 0.2) is 0 Å². The van der Waals surface area contributed by atoms with Crippen molar-refractivity contribution in [3.05, 3.63) is 59.4 Å². The lowest BCUT2D eigenvalue weighted by Crippen LogP contribution is -1.94. The molecule has 0 aromatic heterocycles. The Hall–Kier alpha value is -1.15. The second-order valence-corrected chi connectivity index (χ2v) is 3.95. The Morgan fingerprint density at radius 1 is 1.00 bits per heavy atom. The summed E-state index contributed by atoms with van der Waals surface area (Å²) >= 11 is 0. The summed E-state index contributed by atoms with van der Waals surface area (Å²) in [5.41, 5.74) is 0. The van der Waals surface area contributed by atoms with Gasteiger partial charge in [-0.1, -0.05) is 71.2 Å². The van der Waals surface area contributed by atoms with Crippen LogP contribution in [-0.4, -0.2) is 4.21 Å². The minimum Gasteiger partial charge on any atom is -0.249 e. The van der Waals surface area contributed by atoms with Crippen LogP contribution < -0.4 is 0 Å². The van der Waals surface area contributed by atoms with E-state index in [0.717, 1.165) is 4.91 Å². The molecule has 18 heavy (non-hydrogen) atoms. The highest BCUT2D eigenvalue weighted by atomic mass is 32.2. The molecule has 0 amide bonds. The van der Waals surface area contributed by atoms with Gasteiger partial charge in [-0.25, -0.2) is 4.21 Å². The molecule has 0 aliphatic heterocycles. The fraction of sp³-hybridized carbons (Fsp3) is 0.375. The van der Waals surface area contributed by atoms with Gasteiger partial charge in [-0.2, -0.15) is 0 Å². The van der Waals surface area contributed by atoms with Crippen molar-refractivity contribution in [3.8, 4) is 0 Å². The first-order chi connectivity index (χ1) is 8.71. The lowest BCUT2D eigenvalue weighted by Gasteiger charge is -2.02. The summed E-state index contributed by atoms with van der Waals surface area (Å²) < 4.78 is 11.9. The fourth-order valence-corrected chi connectivity index (χ4v) is 2.00. The Kier molecular flexibility index (Phi) is 22.3. The van der Waals surface area contributed by atoms with E-state index >= 15 is 0 Å². The maximum atomic E-state index is 11.9. The Labute approximate surface area is 116 Å². The van der Waals surface area contributed by atoms with E-state index in [1.54, 1.807) is 18.2 Å². The minimum atomic E-state index is -1.15. The molecule has 0 aliphatic rings. The van der Waals surface area contributed by atoms with Gasteiger partial charge in [-0.3, -0.25) is 0 Å². The zero-order valence-electron chi connectivity index (χ0n) is 12.7. The third kappa shape index (κ3) is 10.0. The van der Waals surface area contributed by atoms with Gasteiger partial charge in [-0.15, -0.1) is 0 Å². The monoisotopic (exact) mass is 268 g/mol. The standard InChI is InChI=1S/C12H16OS.2C2H6/c1-5-9-11(7-3)14(13)12(8-4)10-6-2;2*1-2/h5-10H,1,3H2,2,4H3;2*1-2H3/b10-6-,11-9+,12-8+;;. The Morgan fingerprint density at radius 2 is 1.50 bits per heavy atom. The van der Waals surface area contributed by atoms with E-state index in [0.29, 0.717) is 4.91 Å². The van der Waals surface area contributed by atoms with Gasteiger partial charge in [-0.05, 0) is 19.9 Å². The zero-order chi connectivity index (χ0) is 15.0. The summed E-state index contributed by atoms with van der Waals surface area (Å²) in [6.07, 6.45) is 10.4. The molecule has 0 radical (unpaired) electrons. The van der Waals surface area contributed by atoms with E-state index in [1.165, 1.54) is 0 Å². The topological polar surface area (TPSA) is 17.1 Å². The lowest BCUT2D eigenvalue weighted by molar-refractivity contribution is 0.691. The molecule has 0 heterocycles. The predicted molar refractivity (Wildman–Crippen MR) is 87.9 cm³/mol. The van der Waals surface area contributed by atoms with Crippen LogP contribution in [0.4, 0.5) is 0 Å². The molecule has 0 N–H and O–H groups in total. The van der Waals surface area contributed by atoms with Crippen LogP contribution >= 0.6 is 0 Å². The molecule has 0 spiro atoms. The Balaban J connectivity index is -0.000000506. The molecule has 0 aliphatic carbocycles. The van der Waals surface area contributed by atoms with Crippen LogP contribution in [0.1, 0.15) is 41.5 Å². The highest BCUT2D eigenvalue weighted by Crippen LogP contribution is 2.14. The smallest absolute Gasteiger partial charge is 0.0845 e. The van der Waals surface area contributed by atoms with Crippen molar-refractivity contribution in [1.82, 2.24) is 0 Å². The molecular weight excluding hydrogens is 240 g/mol. The number of hydrogen-bond donors (Lipinski definition) is 0. The second-order valence-electron chi connectivity index (χ2n) is 2.47. The summed E-state index contributed by atoms with van der Waals surface area (Å²) in [4.78, 5) is 1.45. The van der Waals surface area contributed by atoms with E-state index in [1.807, 2.05) is 59.8 Å². The quantitative estimate of drug-likeness (QED) is 0.600. The van der Waals surface area contributed by atoms with Crippen LogP contribution in [0.2, 0.25) is 0 Å². The van der Waals surface area contributed by atoms with Crippen LogP contribution in [-0.2, 0) is 10.8 Å². The third-order valence-electron chi connectivity index (χ3n) is 1.53. The van der Waals surface area contributed by atoms with Gasteiger partial charge < -0.3 is 0 Å². The van der Waals surface area contributed by atoms with Gasteiger partial charge in [0, 0.05) is 9.81 Å². The largest absolute Gasteiger partial charge is 0.249 e. The van der Waals surface area contributed by atoms with Crippen LogP contribution in [0.3, 0.4) is 0 Å². The first-order valence-electron chi connectivity index (χ1n) is 6.37. The van der Waals surface area contributed by atoms with E-state index in [-0.39, 0.29) is 0 Å². The molecule has 0 aromatic carbocycles. The molecule has 0 bridgehead atoms. The first-order valence-corrected chi connectivity index (χ1v) is 7.52. The van der Waals surface area contributed by atoms with Crippen LogP contribution in [0.25, 0.3) is 0 Å². The van der Waals surface area contributed by atoms with Gasteiger partial charge in [0.1, 0.15) is 0 Å². The molecule has 1 atom stereocenters. The fourth-order valence-electron chi connectivity index (χ4n) is 0.887. The molecule has 2 heteroatoms. The number of rotatable bonds is 5. The van der Waals surface area contributed by atoms with Crippen LogP contribution in [0.15, 0.2) is 59.4 Å². The molecule has 0 fully saturated rings. The van der Waals surface area contributed by atoms with Crippen molar-refractivity contribution in [2.24, 2.45) is 0 Å². The summed E-state index contributed by atoms with van der Waals surface area (Å²) in [5.74, 6) is 0. The average Bonchev–Trinajstić information content (AvgIpc) is 2.45. The minimum absolute atomic E-state index is 0.672. The zero-order valence-corrected chi connectivity index (χ0v) is 13.5. The average molecular weight is 268 g/mol. The predicted octanol–water partition coefficient (Wildman–Crippen LogP) is 5.52. The first kappa shape index (κ1) is 22.1. The van der Waals surface area contributed by atoms with Crippen molar-refractivity contribution in [2.45, 2.75) is 41.5 Å². The highest BCUT2D eigenvalue weighted by Gasteiger charge is 2.05. The van der Waals surface area contributed by atoms with Gasteiger partial charge in [0.05, 0.1) is 10.8 Å². The van der Waals surface area contributed by atoms with Crippen molar-refractivity contribution >= 4 is 10.8 Å². The van der Waals surface area contributed by atoms with Crippen molar-refractivity contribution in [2.75, 3.05) is 0 Å². The van der Waals surface area contributed by atoms with E-state index in [4.69, 9.17) is 0 Å². The van der Waals surface area contributed by atoms with E-state index < -0.39 is 10.8 Å². The summed E-state index contributed by atoms with van der Waals surface area (Å²) in [5, 5.41) is 0. The number of hydrogen-bond acceptors (Lipinski definition) is 1. The summed E-state index contributed by atoms with van der Waals surface area (Å²) in [6, 6.07) is 0. The molecule has 0 rings (SSSR count). The molecule has 0 aromatic rings. The van der Waals surface area contributed by atoms with Gasteiger partial charge in [0.2, 0.25) is 0 Å². The maximum Gasteiger partial charge on any atom is 0.0845 e. The molecule has 104 valence electrons. The second kappa shape index (κ2) is 18.2. The summed E-state index contributed by atoms with van der Waals surface area (Å²) in [7, 11) is -1.15. The summed E-state index contributed by atoms with van der Waals surface area (Å²) in [6.45, 7) is 18.9. The van der Waals surface area contributed by atoms with Crippen LogP contribution in [0, 0.1) is 0 Å². The van der Waals surface area contributed by atoms with Crippen molar-refractivity contribution in [3.63, 3.8) is 0 Å². The normalized spacial score (nSPS) is 12.8. The van der Waals surface area contributed by atoms with Gasteiger partial charge >= 0.3 is 0 Å².